The number of halogens is 4. The molecule has 0 atom stereocenters. The van der Waals surface area contributed by atoms with Crippen LogP contribution in [0.3, 0.4) is 0 Å². The highest BCUT2D eigenvalue weighted by Crippen LogP contribution is 2.33. The van der Waals surface area contributed by atoms with Crippen molar-refractivity contribution in [2.24, 2.45) is 4.99 Å². The number of ether oxygens (including phenoxy) is 1. The Morgan fingerprint density at radius 2 is 1.71 bits per heavy atom. The van der Waals surface area contributed by atoms with E-state index in [0.29, 0.717) is 5.56 Å². The minimum absolute atomic E-state index is 0.0586. The van der Waals surface area contributed by atoms with Crippen LogP contribution in [0.2, 0.25) is 0 Å². The zero-order chi connectivity index (χ0) is 17.3. The molecule has 0 spiro atoms. The molecule has 1 aliphatic heterocycles. The number of hydrogen-bond acceptors (Lipinski definition) is 3. The Morgan fingerprint density at radius 1 is 1.04 bits per heavy atom. The highest BCUT2D eigenvalue weighted by atomic mass is 79.9. The second-order valence-corrected chi connectivity index (χ2v) is 5.84. The molecule has 0 fully saturated rings. The second-order valence-electron chi connectivity index (χ2n) is 4.93. The van der Waals surface area contributed by atoms with Crippen molar-refractivity contribution in [3.63, 3.8) is 0 Å². The van der Waals surface area contributed by atoms with Crippen LogP contribution in [0.25, 0.3) is 6.08 Å². The summed E-state index contributed by atoms with van der Waals surface area (Å²) in [5.41, 5.74) is -0.598. The van der Waals surface area contributed by atoms with Gasteiger partial charge in [0.2, 0.25) is 5.90 Å². The largest absolute Gasteiger partial charge is 0.416 e. The van der Waals surface area contributed by atoms with Crippen LogP contribution in [-0.4, -0.2) is 11.9 Å². The van der Waals surface area contributed by atoms with E-state index in [1.807, 2.05) is 0 Å². The van der Waals surface area contributed by atoms with Gasteiger partial charge in [0.25, 0.3) is 0 Å². The predicted octanol–water partition coefficient (Wildman–Crippen LogP) is 4.81. The fraction of sp³-hybridized carbons (Fsp3) is 0.0588. The minimum Gasteiger partial charge on any atom is -0.402 e. The van der Waals surface area contributed by atoms with E-state index < -0.39 is 17.7 Å². The molecule has 0 bridgehead atoms. The molecule has 0 aromatic heterocycles. The van der Waals surface area contributed by atoms with Crippen molar-refractivity contribution in [2.75, 3.05) is 0 Å². The van der Waals surface area contributed by atoms with Gasteiger partial charge >= 0.3 is 12.1 Å². The summed E-state index contributed by atoms with van der Waals surface area (Å²) in [7, 11) is 0. The third-order valence-electron chi connectivity index (χ3n) is 3.27. The van der Waals surface area contributed by atoms with Crippen LogP contribution in [0.5, 0.6) is 0 Å². The van der Waals surface area contributed by atoms with Gasteiger partial charge in [-0.15, -0.1) is 0 Å². The molecule has 2 aromatic rings. The fourth-order valence-corrected chi connectivity index (χ4v) is 2.42. The molecule has 7 heteroatoms. The zero-order valence-electron chi connectivity index (χ0n) is 12.0. The van der Waals surface area contributed by atoms with Crippen molar-refractivity contribution in [3.05, 3.63) is 75.4 Å². The van der Waals surface area contributed by atoms with Crippen molar-refractivity contribution >= 4 is 33.9 Å². The van der Waals surface area contributed by atoms with Gasteiger partial charge in [0.1, 0.15) is 0 Å². The average Bonchev–Trinajstić information content (AvgIpc) is 2.88. The molecule has 0 saturated heterocycles. The van der Waals surface area contributed by atoms with Crippen molar-refractivity contribution < 1.29 is 22.7 Å². The van der Waals surface area contributed by atoms with Crippen molar-refractivity contribution in [2.45, 2.75) is 6.18 Å². The van der Waals surface area contributed by atoms with Gasteiger partial charge in [-0.25, -0.2) is 9.79 Å². The molecule has 3 rings (SSSR count). The Kier molecular flexibility index (Phi) is 4.28. The molecule has 1 aliphatic rings. The molecule has 0 N–H and O–H groups in total. The first-order chi connectivity index (χ1) is 11.3. The van der Waals surface area contributed by atoms with E-state index in [-0.39, 0.29) is 17.2 Å². The molecule has 122 valence electrons. The summed E-state index contributed by atoms with van der Waals surface area (Å²) >= 11 is 3.28. The first kappa shape index (κ1) is 16.4. The zero-order valence-corrected chi connectivity index (χ0v) is 13.6. The third kappa shape index (κ3) is 3.41. The first-order valence-corrected chi connectivity index (χ1v) is 7.58. The number of esters is 1. The lowest BCUT2D eigenvalue weighted by atomic mass is 10.1. The van der Waals surface area contributed by atoms with Gasteiger partial charge in [-0.1, -0.05) is 34.1 Å². The maximum atomic E-state index is 13.0. The van der Waals surface area contributed by atoms with Gasteiger partial charge in [0, 0.05) is 10.0 Å². The van der Waals surface area contributed by atoms with Crippen LogP contribution in [0.4, 0.5) is 13.2 Å². The Balaban J connectivity index is 1.99. The summed E-state index contributed by atoms with van der Waals surface area (Å²) in [6.07, 6.45) is -3.44. The van der Waals surface area contributed by atoms with Crippen LogP contribution >= 0.6 is 15.9 Å². The minimum atomic E-state index is -4.52. The number of nitrogens with zero attached hydrogens (tertiary/aromatic N) is 1. The Bertz CT molecular complexity index is 855. The molecule has 0 aliphatic carbocycles. The van der Waals surface area contributed by atoms with E-state index >= 15 is 0 Å². The number of hydrogen-bond donors (Lipinski definition) is 0. The topological polar surface area (TPSA) is 38.7 Å². The SMILES string of the molecule is O=C1OC(c2ccc(Br)cc2)=NC1=Cc1ccccc1C(F)(F)F. The van der Waals surface area contributed by atoms with E-state index in [2.05, 4.69) is 20.9 Å². The van der Waals surface area contributed by atoms with Gasteiger partial charge in [-0.05, 0) is 42.0 Å². The molecule has 2 aromatic carbocycles. The van der Waals surface area contributed by atoms with E-state index in [1.54, 1.807) is 24.3 Å². The highest BCUT2D eigenvalue weighted by molar-refractivity contribution is 9.10. The molecule has 0 unspecified atom stereocenters. The summed E-state index contributed by atoms with van der Waals surface area (Å²) in [6.45, 7) is 0. The van der Waals surface area contributed by atoms with Crippen LogP contribution in [0, 0.1) is 0 Å². The van der Waals surface area contributed by atoms with E-state index in [1.165, 1.54) is 18.2 Å². The maximum Gasteiger partial charge on any atom is 0.416 e. The standard InChI is InChI=1S/C17H9BrF3NO2/c18-12-7-5-10(6-8-12)15-22-14(16(23)24-15)9-11-3-1-2-4-13(11)17(19,20)21/h1-9H. The molecule has 24 heavy (non-hydrogen) atoms. The summed E-state index contributed by atoms with van der Waals surface area (Å²) in [4.78, 5) is 15.9. The lowest BCUT2D eigenvalue weighted by molar-refractivity contribution is -0.137. The van der Waals surface area contributed by atoms with Crippen LogP contribution < -0.4 is 0 Å². The summed E-state index contributed by atoms with van der Waals surface area (Å²) in [6, 6.07) is 11.8. The van der Waals surface area contributed by atoms with E-state index in [4.69, 9.17) is 4.74 Å². The predicted molar refractivity (Wildman–Crippen MR) is 86.2 cm³/mol. The lowest BCUT2D eigenvalue weighted by Crippen LogP contribution is -2.08. The average molecular weight is 396 g/mol. The van der Waals surface area contributed by atoms with E-state index in [9.17, 15) is 18.0 Å². The van der Waals surface area contributed by atoms with Crippen LogP contribution in [0.1, 0.15) is 16.7 Å². The number of cyclic esters (lactones) is 1. The smallest absolute Gasteiger partial charge is 0.402 e. The monoisotopic (exact) mass is 395 g/mol. The quantitative estimate of drug-likeness (QED) is 0.540. The van der Waals surface area contributed by atoms with Crippen molar-refractivity contribution in [1.82, 2.24) is 0 Å². The summed E-state index contributed by atoms with van der Waals surface area (Å²) in [5.74, 6) is -0.729. The van der Waals surface area contributed by atoms with Crippen molar-refractivity contribution in [3.8, 4) is 0 Å². The lowest BCUT2D eigenvalue weighted by Gasteiger charge is -2.09. The van der Waals surface area contributed by atoms with Crippen LogP contribution in [-0.2, 0) is 15.7 Å². The number of carbonyl (C=O) groups excluding carboxylic acids is 1. The number of carbonyl (C=O) groups is 1. The number of alkyl halides is 3. The number of aliphatic imine (C=N–C) groups is 1. The third-order valence-corrected chi connectivity index (χ3v) is 3.80. The summed E-state index contributed by atoms with van der Waals surface area (Å²) < 4.78 is 44.9. The second kappa shape index (κ2) is 6.24. The number of rotatable bonds is 2. The number of benzene rings is 2. The van der Waals surface area contributed by atoms with Gasteiger partial charge in [0.15, 0.2) is 5.70 Å². The maximum absolute atomic E-state index is 13.0. The molecule has 1 heterocycles. The van der Waals surface area contributed by atoms with Gasteiger partial charge in [-0.3, -0.25) is 0 Å². The molecular formula is C17H9BrF3NO2. The Hall–Kier alpha value is -2.41. The molecule has 3 nitrogen and oxygen atoms in total. The molecule has 0 radical (unpaired) electrons. The van der Waals surface area contributed by atoms with Gasteiger partial charge in [0.05, 0.1) is 5.56 Å². The molecular weight excluding hydrogens is 387 g/mol. The Morgan fingerprint density at radius 3 is 2.38 bits per heavy atom. The first-order valence-electron chi connectivity index (χ1n) is 6.79. The summed E-state index contributed by atoms with van der Waals surface area (Å²) in [5, 5.41) is 0. The van der Waals surface area contributed by atoms with Gasteiger partial charge in [-0.2, -0.15) is 13.2 Å². The van der Waals surface area contributed by atoms with Crippen molar-refractivity contribution in [1.29, 1.82) is 0 Å². The molecule has 0 amide bonds. The molecule has 0 saturated carbocycles. The van der Waals surface area contributed by atoms with Crippen LogP contribution in [0.15, 0.2) is 63.7 Å². The fourth-order valence-electron chi connectivity index (χ4n) is 2.15. The highest BCUT2D eigenvalue weighted by Gasteiger charge is 2.33. The Labute approximate surface area is 143 Å². The normalized spacial score (nSPS) is 16.2. The van der Waals surface area contributed by atoms with E-state index in [0.717, 1.165) is 16.6 Å². The van der Waals surface area contributed by atoms with Gasteiger partial charge < -0.3 is 4.74 Å².